The number of aromatic nitrogens is 1. The van der Waals surface area contributed by atoms with Gasteiger partial charge in [0.1, 0.15) is 6.07 Å². The Hall–Kier alpha value is -3.08. The van der Waals surface area contributed by atoms with Crippen molar-refractivity contribution in [1.82, 2.24) is 4.57 Å². The van der Waals surface area contributed by atoms with Gasteiger partial charge in [-0.2, -0.15) is 5.26 Å². The first-order valence-corrected chi connectivity index (χ1v) is 12.3. The van der Waals surface area contributed by atoms with Crippen molar-refractivity contribution in [2.75, 3.05) is 18.0 Å². The lowest BCUT2D eigenvalue weighted by Gasteiger charge is -2.24. The van der Waals surface area contributed by atoms with Crippen LogP contribution >= 0.6 is 0 Å². The largest absolute Gasteiger partial charge is 0.372 e. The van der Waals surface area contributed by atoms with E-state index in [0.29, 0.717) is 11.3 Å². The standard InChI is InChI=1S/C25H30N4O2S/c1-5-13-29(14-6-2)22-10-9-19-15-21(8-7-20(19)16-22)24-12-11-23(28(24)4)18(3)25(17-26)32(27,30)31/h7-12,15-16H,5-6,13-14H2,1-4H3,(H2,27,30,31). The first-order chi connectivity index (χ1) is 15.2. The zero-order valence-electron chi connectivity index (χ0n) is 19.1. The fraction of sp³-hybridized carbons (Fsp3) is 0.320. The molecule has 1 heterocycles. The molecule has 0 amide bonds. The molecule has 6 nitrogen and oxygen atoms in total. The van der Waals surface area contributed by atoms with Crippen LogP contribution in [0, 0.1) is 11.3 Å². The summed E-state index contributed by atoms with van der Waals surface area (Å²) in [5, 5.41) is 16.8. The summed E-state index contributed by atoms with van der Waals surface area (Å²) in [6.07, 6.45) is 2.22. The van der Waals surface area contributed by atoms with Crippen LogP contribution in [0.3, 0.4) is 0 Å². The molecule has 0 unspecified atom stereocenters. The third-order valence-electron chi connectivity index (χ3n) is 5.70. The van der Waals surface area contributed by atoms with Crippen molar-refractivity contribution in [2.24, 2.45) is 12.2 Å². The Morgan fingerprint density at radius 3 is 2.25 bits per heavy atom. The van der Waals surface area contributed by atoms with E-state index in [1.165, 1.54) is 11.1 Å². The van der Waals surface area contributed by atoms with Gasteiger partial charge >= 0.3 is 0 Å². The lowest BCUT2D eigenvalue weighted by atomic mass is 10.0. The average molecular weight is 451 g/mol. The third-order valence-corrected chi connectivity index (χ3v) is 6.67. The van der Waals surface area contributed by atoms with Crippen LogP contribution < -0.4 is 10.0 Å². The summed E-state index contributed by atoms with van der Waals surface area (Å²) in [7, 11) is -2.23. The average Bonchev–Trinajstić information content (AvgIpc) is 3.13. The molecule has 0 atom stereocenters. The highest BCUT2D eigenvalue weighted by molar-refractivity contribution is 7.93. The molecule has 0 aliphatic rings. The van der Waals surface area contributed by atoms with Gasteiger partial charge in [-0.15, -0.1) is 0 Å². The molecule has 3 rings (SSSR count). The molecule has 0 bridgehead atoms. The number of nitrogens with zero attached hydrogens (tertiary/aromatic N) is 3. The van der Waals surface area contributed by atoms with E-state index in [1.807, 2.05) is 23.7 Å². The number of allylic oxidation sites excluding steroid dienone is 2. The number of primary sulfonamides is 1. The molecule has 0 saturated heterocycles. The van der Waals surface area contributed by atoms with Crippen LogP contribution in [0.15, 0.2) is 53.4 Å². The lowest BCUT2D eigenvalue weighted by molar-refractivity contribution is 0.605. The van der Waals surface area contributed by atoms with Crippen molar-refractivity contribution in [1.29, 1.82) is 5.26 Å². The van der Waals surface area contributed by atoms with Gasteiger partial charge < -0.3 is 9.47 Å². The van der Waals surface area contributed by atoms with Gasteiger partial charge in [-0.05, 0) is 66.4 Å². The minimum Gasteiger partial charge on any atom is -0.372 e. The second-order valence-corrected chi connectivity index (χ2v) is 9.51. The molecule has 7 heteroatoms. The minimum atomic E-state index is -4.08. The third kappa shape index (κ3) is 4.72. The van der Waals surface area contributed by atoms with Crippen LogP contribution in [0.5, 0.6) is 0 Å². The van der Waals surface area contributed by atoms with Crippen molar-refractivity contribution < 1.29 is 8.42 Å². The van der Waals surface area contributed by atoms with Gasteiger partial charge in [0.25, 0.3) is 0 Å². The molecule has 0 spiro atoms. The number of hydrogen-bond acceptors (Lipinski definition) is 4. The molecule has 0 fully saturated rings. The van der Waals surface area contributed by atoms with Gasteiger partial charge in [-0.1, -0.05) is 32.0 Å². The second kappa shape index (κ2) is 9.60. The molecule has 0 aliphatic heterocycles. The monoisotopic (exact) mass is 450 g/mol. The van der Waals surface area contributed by atoms with Gasteiger partial charge in [0.15, 0.2) is 4.91 Å². The maximum absolute atomic E-state index is 11.8. The Labute approximate surface area is 190 Å². The Balaban J connectivity index is 2.02. The molecule has 3 aromatic rings. The normalized spacial score (nSPS) is 12.5. The number of nitriles is 1. The SMILES string of the molecule is CCCN(CCC)c1ccc2cc(-c3ccc(C(C)=C(C#N)S(N)(=O)=O)n3C)ccc2c1. The van der Waals surface area contributed by atoms with Crippen molar-refractivity contribution in [3.05, 3.63) is 59.1 Å². The van der Waals surface area contributed by atoms with Crippen LogP contribution in [0.1, 0.15) is 39.3 Å². The molecule has 0 saturated carbocycles. The molecular weight excluding hydrogens is 420 g/mol. The van der Waals surface area contributed by atoms with Crippen molar-refractivity contribution >= 4 is 32.1 Å². The van der Waals surface area contributed by atoms with Crippen LogP contribution in [0.4, 0.5) is 5.69 Å². The fourth-order valence-electron chi connectivity index (χ4n) is 4.15. The number of benzene rings is 2. The molecule has 1 aromatic heterocycles. The first kappa shape index (κ1) is 23.6. The number of rotatable bonds is 8. The van der Waals surface area contributed by atoms with E-state index in [9.17, 15) is 13.7 Å². The summed E-state index contributed by atoms with van der Waals surface area (Å²) in [6, 6.07) is 18.3. The molecular formula is C25H30N4O2S. The number of anilines is 1. The van der Waals surface area contributed by atoms with Gasteiger partial charge in [-0.3, -0.25) is 0 Å². The van der Waals surface area contributed by atoms with Crippen molar-refractivity contribution in [3.63, 3.8) is 0 Å². The van der Waals surface area contributed by atoms with Crippen LogP contribution in [-0.2, 0) is 17.1 Å². The predicted octanol–water partition coefficient (Wildman–Crippen LogP) is 5.01. The van der Waals surface area contributed by atoms with E-state index in [-0.39, 0.29) is 0 Å². The zero-order valence-corrected chi connectivity index (χ0v) is 19.9. The quantitative estimate of drug-likeness (QED) is 0.488. The summed E-state index contributed by atoms with van der Waals surface area (Å²) in [4.78, 5) is 2.00. The van der Waals surface area contributed by atoms with E-state index in [0.717, 1.165) is 42.6 Å². The molecule has 2 N–H and O–H groups in total. The molecule has 32 heavy (non-hydrogen) atoms. The Morgan fingerprint density at radius 1 is 1.03 bits per heavy atom. The van der Waals surface area contributed by atoms with Crippen molar-refractivity contribution in [2.45, 2.75) is 33.6 Å². The topological polar surface area (TPSA) is 92.1 Å². The summed E-state index contributed by atoms with van der Waals surface area (Å²) >= 11 is 0. The van der Waals surface area contributed by atoms with Gasteiger partial charge in [-0.25, -0.2) is 13.6 Å². The number of nitrogens with two attached hydrogens (primary N) is 1. The predicted molar refractivity (Wildman–Crippen MR) is 132 cm³/mol. The van der Waals surface area contributed by atoms with Crippen molar-refractivity contribution in [3.8, 4) is 17.3 Å². The highest BCUT2D eigenvalue weighted by atomic mass is 32.2. The van der Waals surface area contributed by atoms with Gasteiger partial charge in [0.05, 0.1) is 0 Å². The Morgan fingerprint density at radius 2 is 1.66 bits per heavy atom. The highest BCUT2D eigenvalue weighted by Crippen LogP contribution is 2.31. The summed E-state index contributed by atoms with van der Waals surface area (Å²) < 4.78 is 25.4. The Kier molecular flexibility index (Phi) is 7.07. The van der Waals surface area contributed by atoms with Gasteiger partial charge in [0, 0.05) is 42.8 Å². The zero-order chi connectivity index (χ0) is 23.5. The summed E-state index contributed by atoms with van der Waals surface area (Å²) in [5.74, 6) is 0. The smallest absolute Gasteiger partial charge is 0.248 e. The van der Waals surface area contributed by atoms with E-state index in [1.54, 1.807) is 13.0 Å². The van der Waals surface area contributed by atoms with Crippen LogP contribution in [0.25, 0.3) is 27.6 Å². The van der Waals surface area contributed by atoms with E-state index >= 15 is 0 Å². The maximum Gasteiger partial charge on any atom is 0.248 e. The summed E-state index contributed by atoms with van der Waals surface area (Å²) in [5.41, 5.74) is 4.15. The molecule has 2 aromatic carbocycles. The molecule has 0 aliphatic carbocycles. The van der Waals surface area contributed by atoms with E-state index in [2.05, 4.69) is 55.1 Å². The highest BCUT2D eigenvalue weighted by Gasteiger charge is 2.19. The van der Waals surface area contributed by atoms with Gasteiger partial charge in [0.2, 0.25) is 10.0 Å². The minimum absolute atomic E-state index is 0.334. The van der Waals surface area contributed by atoms with Crippen LogP contribution in [-0.4, -0.2) is 26.1 Å². The van der Waals surface area contributed by atoms with Crippen LogP contribution in [0.2, 0.25) is 0 Å². The fourth-order valence-corrected chi connectivity index (χ4v) is 4.81. The number of fused-ring (bicyclic) bond motifs is 1. The summed E-state index contributed by atoms with van der Waals surface area (Å²) in [6.45, 7) is 8.08. The second-order valence-electron chi connectivity index (χ2n) is 8.01. The Bertz CT molecular complexity index is 1310. The number of hydrogen-bond donors (Lipinski definition) is 1. The molecule has 168 valence electrons. The van der Waals surface area contributed by atoms with E-state index in [4.69, 9.17) is 5.14 Å². The van der Waals surface area contributed by atoms with E-state index < -0.39 is 14.9 Å². The number of sulfonamides is 1. The maximum atomic E-state index is 11.8. The first-order valence-electron chi connectivity index (χ1n) is 10.8. The lowest BCUT2D eigenvalue weighted by Crippen LogP contribution is -2.24. The molecule has 0 radical (unpaired) electrons.